The molecule has 1 aromatic heterocycles. The number of carbonyl (C=O) groups is 2. The van der Waals surface area contributed by atoms with Gasteiger partial charge in [-0.1, -0.05) is 0 Å². The molecule has 1 aromatic carbocycles. The summed E-state index contributed by atoms with van der Waals surface area (Å²) in [5, 5.41) is 23.5. The van der Waals surface area contributed by atoms with Crippen LogP contribution in [-0.2, 0) is 19.4 Å². The van der Waals surface area contributed by atoms with Crippen LogP contribution in [0.4, 0.5) is 11.4 Å². The van der Waals surface area contributed by atoms with Crippen molar-refractivity contribution in [3.63, 3.8) is 0 Å². The molecule has 0 saturated heterocycles. The number of aromatic nitrogens is 2. The van der Waals surface area contributed by atoms with Crippen molar-refractivity contribution in [1.82, 2.24) is 15.3 Å². The molecule has 16 nitrogen and oxygen atoms in total. The number of sulfone groups is 1. The summed E-state index contributed by atoms with van der Waals surface area (Å²) in [5.74, 6) is -4.06. The molecule has 0 radical (unpaired) electrons. The number of aliphatic carboxylic acids is 1. The van der Waals surface area contributed by atoms with E-state index < -0.39 is 61.8 Å². The summed E-state index contributed by atoms with van der Waals surface area (Å²) < 4.78 is 35.2. The number of anilines is 1. The molecule has 198 valence electrons. The Labute approximate surface area is 210 Å². The maximum atomic E-state index is 12.2. The number of nitro groups is 1. The summed E-state index contributed by atoms with van der Waals surface area (Å²) in [4.78, 5) is 47.0. The third-order valence-electron chi connectivity index (χ3n) is 4.80. The standard InChI is InChI=1S/C20H23N7O9S/c1-26(2)11-6-10(16-22-4-5-23-16)7-12(8-11)35-17-15(27(31)32)18(25-20(24-17)37(3,33)34)36-13(19(29)30)9-14(21)28/h6-8,13H,4-5,9H2,1-3H3,(H2,21,28)(H,22,23)(H,29,30). The third-order valence-corrected chi connectivity index (χ3v) is 5.65. The lowest BCUT2D eigenvalue weighted by molar-refractivity contribution is -0.387. The monoisotopic (exact) mass is 537 g/mol. The van der Waals surface area contributed by atoms with Gasteiger partial charge >= 0.3 is 23.4 Å². The topological polar surface area (TPSA) is 230 Å². The van der Waals surface area contributed by atoms with Crippen molar-refractivity contribution < 1.29 is 37.5 Å². The van der Waals surface area contributed by atoms with Crippen molar-refractivity contribution in [3.8, 4) is 17.5 Å². The molecule has 0 spiro atoms. The van der Waals surface area contributed by atoms with Gasteiger partial charge in [0, 0.05) is 44.2 Å². The molecule has 1 unspecified atom stereocenters. The van der Waals surface area contributed by atoms with E-state index in [4.69, 9.17) is 15.2 Å². The smallest absolute Gasteiger partial charge is 0.392 e. The fraction of sp³-hybridized carbons (Fsp3) is 0.350. The molecule has 2 aromatic rings. The average Bonchev–Trinajstić information content (AvgIpc) is 3.32. The number of nitrogens with two attached hydrogens (primary N) is 1. The average molecular weight is 538 g/mol. The van der Waals surface area contributed by atoms with Gasteiger partial charge in [-0.05, 0) is 12.1 Å². The van der Waals surface area contributed by atoms with Crippen molar-refractivity contribution >= 4 is 38.9 Å². The van der Waals surface area contributed by atoms with E-state index >= 15 is 0 Å². The largest absolute Gasteiger partial charge is 0.478 e. The number of amides is 1. The van der Waals surface area contributed by atoms with E-state index in [-0.39, 0.29) is 5.75 Å². The van der Waals surface area contributed by atoms with E-state index in [1.807, 2.05) is 0 Å². The first-order chi connectivity index (χ1) is 17.3. The number of hydrogen-bond acceptors (Lipinski definition) is 13. The summed E-state index contributed by atoms with van der Waals surface area (Å²) in [6.07, 6.45) is -2.14. The van der Waals surface area contributed by atoms with Crippen LogP contribution in [0.5, 0.6) is 17.5 Å². The number of primary amides is 1. The zero-order valence-corrected chi connectivity index (χ0v) is 20.7. The van der Waals surface area contributed by atoms with Gasteiger partial charge in [-0.3, -0.25) is 19.9 Å². The van der Waals surface area contributed by atoms with Gasteiger partial charge in [0.15, 0.2) is 0 Å². The van der Waals surface area contributed by atoms with Gasteiger partial charge in [0.25, 0.3) is 5.16 Å². The van der Waals surface area contributed by atoms with Crippen LogP contribution >= 0.6 is 0 Å². The van der Waals surface area contributed by atoms with Gasteiger partial charge < -0.3 is 30.5 Å². The van der Waals surface area contributed by atoms with Gasteiger partial charge in [0.05, 0.1) is 17.9 Å². The first-order valence-electron chi connectivity index (χ1n) is 10.5. The van der Waals surface area contributed by atoms with Gasteiger partial charge in [-0.25, -0.2) is 13.2 Å². The molecule has 1 amide bonds. The second kappa shape index (κ2) is 10.6. The van der Waals surface area contributed by atoms with Crippen molar-refractivity contribution in [3.05, 3.63) is 33.9 Å². The van der Waals surface area contributed by atoms with E-state index in [0.29, 0.717) is 30.2 Å². The molecular weight excluding hydrogens is 514 g/mol. The van der Waals surface area contributed by atoms with E-state index in [1.54, 1.807) is 25.1 Å². The van der Waals surface area contributed by atoms with Gasteiger partial charge in [0.1, 0.15) is 11.6 Å². The first kappa shape index (κ1) is 27.1. The van der Waals surface area contributed by atoms with Crippen LogP contribution in [-0.4, -0.2) is 85.7 Å². The van der Waals surface area contributed by atoms with Gasteiger partial charge in [-0.2, -0.15) is 9.97 Å². The zero-order chi connectivity index (χ0) is 27.5. The maximum Gasteiger partial charge on any atom is 0.392 e. The summed E-state index contributed by atoms with van der Waals surface area (Å²) in [5.41, 5.74) is 5.18. The van der Waals surface area contributed by atoms with E-state index in [0.717, 1.165) is 6.26 Å². The number of hydrogen-bond donors (Lipinski definition) is 3. The molecule has 2 heterocycles. The number of carbonyl (C=O) groups excluding carboxylic acids is 1. The molecule has 17 heteroatoms. The minimum Gasteiger partial charge on any atom is -0.478 e. The Hall–Kier alpha value is -4.54. The zero-order valence-electron chi connectivity index (χ0n) is 19.9. The molecule has 3 rings (SSSR count). The maximum absolute atomic E-state index is 12.2. The predicted octanol–water partition coefficient (Wildman–Crippen LogP) is -0.296. The normalized spacial score (nSPS) is 13.8. The predicted molar refractivity (Wildman–Crippen MR) is 128 cm³/mol. The number of carboxylic acids is 1. The quantitative estimate of drug-likeness (QED) is 0.190. The molecule has 0 fully saturated rings. The first-order valence-corrected chi connectivity index (χ1v) is 12.4. The number of carboxylic acid groups (broad SMARTS) is 1. The Morgan fingerprint density at radius 1 is 1.27 bits per heavy atom. The minimum absolute atomic E-state index is 0.0247. The highest BCUT2D eigenvalue weighted by Crippen LogP contribution is 2.39. The molecule has 1 atom stereocenters. The number of nitrogens with zero attached hydrogens (tertiary/aromatic N) is 5. The van der Waals surface area contributed by atoms with Gasteiger partial charge in [-0.15, -0.1) is 0 Å². The highest BCUT2D eigenvalue weighted by Gasteiger charge is 2.34. The van der Waals surface area contributed by atoms with Crippen LogP contribution in [0.1, 0.15) is 12.0 Å². The van der Waals surface area contributed by atoms with E-state index in [9.17, 15) is 33.2 Å². The molecule has 0 aliphatic carbocycles. The summed E-state index contributed by atoms with van der Waals surface area (Å²) in [7, 11) is -0.689. The Balaban J connectivity index is 2.19. The molecule has 4 N–H and O–H groups in total. The number of nitrogens with one attached hydrogen (secondary N) is 1. The number of benzene rings is 1. The molecular formula is C20H23N7O9S. The Morgan fingerprint density at radius 3 is 2.46 bits per heavy atom. The van der Waals surface area contributed by atoms with Crippen LogP contribution in [0.15, 0.2) is 28.3 Å². The Kier molecular flexibility index (Phi) is 7.76. The number of ether oxygens (including phenoxy) is 2. The van der Waals surface area contributed by atoms with Crippen molar-refractivity contribution in [2.45, 2.75) is 17.7 Å². The van der Waals surface area contributed by atoms with Crippen LogP contribution in [0.25, 0.3) is 0 Å². The highest BCUT2D eigenvalue weighted by molar-refractivity contribution is 7.90. The lowest BCUT2D eigenvalue weighted by atomic mass is 10.1. The summed E-state index contributed by atoms with van der Waals surface area (Å²) >= 11 is 0. The molecule has 0 bridgehead atoms. The van der Waals surface area contributed by atoms with Crippen molar-refractivity contribution in [2.24, 2.45) is 10.7 Å². The number of aliphatic imine (C=N–C) groups is 1. The second-order valence-corrected chi connectivity index (χ2v) is 9.89. The van der Waals surface area contributed by atoms with Gasteiger partial charge in [0.2, 0.25) is 21.8 Å². The Morgan fingerprint density at radius 2 is 1.95 bits per heavy atom. The minimum atomic E-state index is -4.19. The Bertz CT molecular complexity index is 1390. The molecule has 37 heavy (non-hydrogen) atoms. The van der Waals surface area contributed by atoms with E-state index in [2.05, 4.69) is 20.3 Å². The fourth-order valence-corrected chi connectivity index (χ4v) is 3.61. The second-order valence-electron chi connectivity index (χ2n) is 7.98. The summed E-state index contributed by atoms with van der Waals surface area (Å²) in [6, 6.07) is 4.80. The third kappa shape index (κ3) is 6.57. The van der Waals surface area contributed by atoms with Crippen LogP contribution < -0.4 is 25.4 Å². The highest BCUT2D eigenvalue weighted by atomic mass is 32.2. The van der Waals surface area contributed by atoms with Crippen molar-refractivity contribution in [1.29, 1.82) is 0 Å². The summed E-state index contributed by atoms with van der Waals surface area (Å²) in [6.45, 7) is 1.16. The SMILES string of the molecule is CN(C)c1cc(Oc2nc(S(C)(=O)=O)nc(OC(CC(N)=O)C(=O)O)c2[N+](=O)[O-])cc(C2=NCCN2)c1. The molecule has 0 saturated carbocycles. The van der Waals surface area contributed by atoms with E-state index in [1.165, 1.54) is 12.1 Å². The van der Waals surface area contributed by atoms with Crippen LogP contribution in [0.3, 0.4) is 0 Å². The molecule has 1 aliphatic heterocycles. The number of rotatable bonds is 11. The van der Waals surface area contributed by atoms with Crippen molar-refractivity contribution in [2.75, 3.05) is 38.3 Å². The van der Waals surface area contributed by atoms with Crippen LogP contribution in [0, 0.1) is 10.1 Å². The number of amidine groups is 1. The fourth-order valence-electron chi connectivity index (χ4n) is 3.11. The van der Waals surface area contributed by atoms with Crippen LogP contribution in [0.2, 0.25) is 0 Å². The lowest BCUT2D eigenvalue weighted by Gasteiger charge is -2.17. The molecule has 1 aliphatic rings. The lowest BCUT2D eigenvalue weighted by Crippen LogP contribution is -2.33.